The van der Waals surface area contributed by atoms with Gasteiger partial charge in [-0.2, -0.15) is 0 Å². The molecule has 8 heteroatoms. The van der Waals surface area contributed by atoms with E-state index in [0.717, 1.165) is 17.1 Å². The summed E-state index contributed by atoms with van der Waals surface area (Å²) in [7, 11) is -1.86. The Morgan fingerprint density at radius 3 is 2.68 bits per heavy atom. The fraction of sp³-hybridized carbons (Fsp3) is 0.214. The summed E-state index contributed by atoms with van der Waals surface area (Å²) in [6.07, 6.45) is 1.25. The summed E-state index contributed by atoms with van der Waals surface area (Å²) in [5.74, 6) is 2.11. The second-order valence-corrected chi connectivity index (χ2v) is 6.50. The first kappa shape index (κ1) is 14.6. The zero-order chi connectivity index (χ0) is 15.7. The Hall–Kier alpha value is -2.32. The van der Waals surface area contributed by atoms with Crippen molar-refractivity contribution in [2.75, 3.05) is 18.7 Å². The number of aromatic nitrogens is 1. The number of sulfonamides is 1. The van der Waals surface area contributed by atoms with Gasteiger partial charge in [-0.15, -0.1) is 0 Å². The molecule has 116 valence electrons. The van der Waals surface area contributed by atoms with Crippen molar-refractivity contribution in [3.63, 3.8) is 0 Å². The van der Waals surface area contributed by atoms with Crippen molar-refractivity contribution in [2.45, 2.75) is 11.4 Å². The molecule has 0 saturated carbocycles. The smallest absolute Gasteiger partial charge is 0.239 e. The van der Waals surface area contributed by atoms with Crippen LogP contribution in [0.3, 0.4) is 0 Å². The molecule has 0 aliphatic carbocycles. The molecule has 2 N–H and O–H groups in total. The van der Waals surface area contributed by atoms with Gasteiger partial charge in [-0.05, 0) is 29.8 Å². The first-order chi connectivity index (χ1) is 10.4. The number of primary sulfonamides is 1. The van der Waals surface area contributed by atoms with Gasteiger partial charge in [-0.3, -0.25) is 0 Å². The highest BCUT2D eigenvalue weighted by Crippen LogP contribution is 2.32. The lowest BCUT2D eigenvalue weighted by atomic mass is 10.2. The van der Waals surface area contributed by atoms with Crippen LogP contribution in [-0.2, 0) is 16.6 Å². The molecule has 2 aromatic rings. The van der Waals surface area contributed by atoms with Crippen LogP contribution in [0.5, 0.6) is 11.5 Å². The predicted octanol–water partition coefficient (Wildman–Crippen LogP) is 1.09. The van der Waals surface area contributed by atoms with Gasteiger partial charge in [0.25, 0.3) is 0 Å². The number of anilines is 1. The van der Waals surface area contributed by atoms with Crippen LogP contribution in [0.15, 0.2) is 41.4 Å². The minimum absolute atomic E-state index is 0.00673. The Labute approximate surface area is 128 Å². The lowest BCUT2D eigenvalue weighted by Gasteiger charge is -2.18. The lowest BCUT2D eigenvalue weighted by molar-refractivity contribution is 0.174. The fourth-order valence-electron chi connectivity index (χ4n) is 2.16. The highest BCUT2D eigenvalue weighted by atomic mass is 32.2. The monoisotopic (exact) mass is 321 g/mol. The molecule has 2 heterocycles. The quantitative estimate of drug-likeness (QED) is 0.906. The highest BCUT2D eigenvalue weighted by molar-refractivity contribution is 7.89. The molecular weight excluding hydrogens is 306 g/mol. The zero-order valence-electron chi connectivity index (χ0n) is 11.9. The molecule has 0 saturated heterocycles. The van der Waals surface area contributed by atoms with Crippen LogP contribution in [0.2, 0.25) is 0 Å². The number of nitrogens with zero attached hydrogens (tertiary/aromatic N) is 2. The van der Waals surface area contributed by atoms with E-state index in [-0.39, 0.29) is 11.7 Å². The predicted molar refractivity (Wildman–Crippen MR) is 80.3 cm³/mol. The van der Waals surface area contributed by atoms with E-state index in [1.165, 1.54) is 12.3 Å². The maximum absolute atomic E-state index is 11.2. The van der Waals surface area contributed by atoms with E-state index in [9.17, 15) is 8.42 Å². The van der Waals surface area contributed by atoms with Crippen LogP contribution in [0.4, 0.5) is 5.82 Å². The van der Waals surface area contributed by atoms with E-state index in [0.29, 0.717) is 12.4 Å². The molecule has 1 aliphatic rings. The molecule has 0 radical (unpaired) electrons. The van der Waals surface area contributed by atoms with Crippen LogP contribution in [0.1, 0.15) is 5.56 Å². The molecule has 3 rings (SSSR count). The third-order valence-corrected chi connectivity index (χ3v) is 4.20. The van der Waals surface area contributed by atoms with E-state index in [4.69, 9.17) is 14.6 Å². The third-order valence-electron chi connectivity index (χ3n) is 3.30. The first-order valence-corrected chi connectivity index (χ1v) is 8.06. The maximum atomic E-state index is 11.2. The zero-order valence-corrected chi connectivity index (χ0v) is 12.7. The number of nitrogens with two attached hydrogens (primary N) is 1. The van der Waals surface area contributed by atoms with Gasteiger partial charge in [-0.1, -0.05) is 6.07 Å². The van der Waals surface area contributed by atoms with Gasteiger partial charge in [0.15, 0.2) is 11.5 Å². The van der Waals surface area contributed by atoms with Gasteiger partial charge >= 0.3 is 0 Å². The summed E-state index contributed by atoms with van der Waals surface area (Å²) >= 11 is 0. The average Bonchev–Trinajstić information content (AvgIpc) is 2.94. The Morgan fingerprint density at radius 2 is 2.00 bits per heavy atom. The summed E-state index contributed by atoms with van der Waals surface area (Å²) in [4.78, 5) is 6.01. The molecule has 0 atom stereocenters. The van der Waals surface area contributed by atoms with Crippen LogP contribution in [0, 0.1) is 0 Å². The van der Waals surface area contributed by atoms with Gasteiger partial charge in [0.05, 0.1) is 0 Å². The first-order valence-electron chi connectivity index (χ1n) is 6.52. The summed E-state index contributed by atoms with van der Waals surface area (Å²) < 4.78 is 33.0. The highest BCUT2D eigenvalue weighted by Gasteiger charge is 2.14. The van der Waals surface area contributed by atoms with Crippen LogP contribution in [-0.4, -0.2) is 27.2 Å². The molecule has 0 unspecified atom stereocenters. The van der Waals surface area contributed by atoms with Crippen molar-refractivity contribution in [3.8, 4) is 11.5 Å². The third kappa shape index (κ3) is 2.97. The minimum atomic E-state index is -3.72. The molecule has 0 fully saturated rings. The van der Waals surface area contributed by atoms with Gasteiger partial charge in [0, 0.05) is 19.8 Å². The molecule has 7 nitrogen and oxygen atoms in total. The minimum Gasteiger partial charge on any atom is -0.454 e. The van der Waals surface area contributed by atoms with Crippen molar-refractivity contribution < 1.29 is 17.9 Å². The number of pyridine rings is 1. The molecular formula is C14H15N3O4S. The molecule has 1 aromatic carbocycles. The topological polar surface area (TPSA) is 94.7 Å². The number of hydrogen-bond donors (Lipinski definition) is 1. The van der Waals surface area contributed by atoms with Crippen LogP contribution < -0.4 is 19.5 Å². The SMILES string of the molecule is CN(Cc1ccc2c(c1)OCO2)c1ccc(S(N)(=O)=O)cn1. The maximum Gasteiger partial charge on any atom is 0.239 e. The summed E-state index contributed by atoms with van der Waals surface area (Å²) in [5, 5.41) is 5.05. The Kier molecular flexibility index (Phi) is 3.63. The number of benzene rings is 1. The van der Waals surface area contributed by atoms with Crippen molar-refractivity contribution in [1.82, 2.24) is 4.98 Å². The van der Waals surface area contributed by atoms with Crippen molar-refractivity contribution in [1.29, 1.82) is 0 Å². The van der Waals surface area contributed by atoms with E-state index in [1.807, 2.05) is 30.1 Å². The summed E-state index contributed by atoms with van der Waals surface area (Å²) in [5.41, 5.74) is 1.03. The van der Waals surface area contributed by atoms with E-state index < -0.39 is 10.0 Å². The Balaban J connectivity index is 1.75. The van der Waals surface area contributed by atoms with Crippen LogP contribution in [0.25, 0.3) is 0 Å². The molecule has 22 heavy (non-hydrogen) atoms. The summed E-state index contributed by atoms with van der Waals surface area (Å²) in [6.45, 7) is 0.837. The van der Waals surface area contributed by atoms with Gasteiger partial charge in [-0.25, -0.2) is 18.5 Å². The van der Waals surface area contributed by atoms with E-state index >= 15 is 0 Å². The van der Waals surface area contributed by atoms with E-state index in [1.54, 1.807) is 6.07 Å². The molecule has 0 bridgehead atoms. The van der Waals surface area contributed by atoms with Gasteiger partial charge in [0.1, 0.15) is 10.7 Å². The largest absolute Gasteiger partial charge is 0.454 e. The van der Waals surface area contributed by atoms with E-state index in [2.05, 4.69) is 4.98 Å². The number of rotatable bonds is 4. The van der Waals surface area contributed by atoms with Crippen molar-refractivity contribution in [3.05, 3.63) is 42.1 Å². The fourth-order valence-corrected chi connectivity index (χ4v) is 2.62. The van der Waals surface area contributed by atoms with Crippen molar-refractivity contribution >= 4 is 15.8 Å². The molecule has 0 spiro atoms. The Bertz CT molecular complexity index is 790. The molecule has 1 aromatic heterocycles. The summed E-state index contributed by atoms with van der Waals surface area (Å²) in [6, 6.07) is 8.78. The average molecular weight is 321 g/mol. The van der Waals surface area contributed by atoms with Gasteiger partial charge < -0.3 is 14.4 Å². The number of ether oxygens (including phenoxy) is 2. The molecule has 1 aliphatic heterocycles. The van der Waals surface area contributed by atoms with Crippen LogP contribution >= 0.6 is 0 Å². The van der Waals surface area contributed by atoms with Gasteiger partial charge in [0.2, 0.25) is 16.8 Å². The molecule has 0 amide bonds. The Morgan fingerprint density at radius 1 is 1.23 bits per heavy atom. The normalized spacial score (nSPS) is 13.2. The lowest BCUT2D eigenvalue weighted by Crippen LogP contribution is -2.18. The second-order valence-electron chi connectivity index (χ2n) is 4.94. The second kappa shape index (κ2) is 5.47. The number of fused-ring (bicyclic) bond motifs is 1. The number of hydrogen-bond acceptors (Lipinski definition) is 6. The van der Waals surface area contributed by atoms with Crippen molar-refractivity contribution in [2.24, 2.45) is 5.14 Å². The standard InChI is InChI=1S/C14H15N3O4S/c1-17(14-5-3-11(7-16-14)22(15,18)19)8-10-2-4-12-13(6-10)21-9-20-12/h2-7H,8-9H2,1H3,(H2,15,18,19).